The lowest BCUT2D eigenvalue weighted by Gasteiger charge is -2.42. The molecule has 4 aromatic rings. The number of likely N-dealkylation sites (tertiary alicyclic amines) is 1. The van der Waals surface area contributed by atoms with Crippen LogP contribution < -0.4 is 11.2 Å². The van der Waals surface area contributed by atoms with Crippen LogP contribution in [0.5, 0.6) is 0 Å². The van der Waals surface area contributed by atoms with E-state index in [-0.39, 0.29) is 23.3 Å². The fraction of sp³-hybridized carbons (Fsp3) is 0.222. The van der Waals surface area contributed by atoms with E-state index in [1.54, 1.807) is 36.4 Å². The Bertz CT molecular complexity index is 1520. The van der Waals surface area contributed by atoms with Gasteiger partial charge in [0.25, 0.3) is 11.5 Å². The lowest BCUT2D eigenvalue weighted by molar-refractivity contribution is 0.0594. The minimum Gasteiger partial charge on any atom is -0.422 e. The predicted molar refractivity (Wildman–Crippen MR) is 125 cm³/mol. The molecule has 0 aliphatic carbocycles. The Morgan fingerprint density at radius 1 is 0.879 bits per heavy atom. The third-order valence-electron chi connectivity index (χ3n) is 6.83. The molecule has 2 aliphatic heterocycles. The van der Waals surface area contributed by atoms with Crippen molar-refractivity contribution >= 4 is 16.9 Å². The van der Waals surface area contributed by atoms with Gasteiger partial charge in [-0.3, -0.25) is 9.59 Å². The topological polar surface area (TPSA) is 72.5 Å². The first-order valence-corrected chi connectivity index (χ1v) is 11.2. The number of pyridine rings is 1. The Labute approximate surface area is 189 Å². The average Bonchev–Trinajstić information content (AvgIpc) is 2.84. The van der Waals surface area contributed by atoms with Gasteiger partial charge >= 0.3 is 5.63 Å². The van der Waals surface area contributed by atoms with Gasteiger partial charge in [0.05, 0.1) is 5.56 Å². The molecule has 2 aliphatic rings. The number of fused-ring (bicyclic) bond motifs is 5. The number of benzene rings is 2. The van der Waals surface area contributed by atoms with Crippen LogP contribution in [0, 0.1) is 5.92 Å². The zero-order valence-electron chi connectivity index (χ0n) is 17.9. The predicted octanol–water partition coefficient (Wildman–Crippen LogP) is 3.88. The summed E-state index contributed by atoms with van der Waals surface area (Å²) in [5.74, 6) is 0.366. The van der Waals surface area contributed by atoms with Crippen LogP contribution >= 0.6 is 0 Å². The standard InChI is InChI=1S/C27H22N2O4/c30-25-10-4-8-23-21-11-17(15-29(23)25)14-28(16-21)26(31)20-7-3-6-18(12-20)22-13-19-5-1-2-9-24(19)33-27(22)32/h1-10,12-13,17,21H,11,14-16H2/t17-,21+/m0/s1. The van der Waals surface area contributed by atoms with Crippen molar-refractivity contribution in [3.8, 4) is 11.1 Å². The van der Waals surface area contributed by atoms with Gasteiger partial charge in [0.1, 0.15) is 5.58 Å². The summed E-state index contributed by atoms with van der Waals surface area (Å²) in [7, 11) is 0. The molecule has 6 nitrogen and oxygen atoms in total. The second kappa shape index (κ2) is 7.59. The van der Waals surface area contributed by atoms with E-state index in [1.807, 2.05) is 45.9 Å². The van der Waals surface area contributed by atoms with Gasteiger partial charge in [0.15, 0.2) is 0 Å². The van der Waals surface area contributed by atoms with Crippen LogP contribution in [0.3, 0.4) is 0 Å². The maximum Gasteiger partial charge on any atom is 0.344 e. The third kappa shape index (κ3) is 3.39. The van der Waals surface area contributed by atoms with E-state index in [1.165, 1.54) is 0 Å². The van der Waals surface area contributed by atoms with Gasteiger partial charge in [-0.2, -0.15) is 0 Å². The van der Waals surface area contributed by atoms with Crippen LogP contribution in [0.15, 0.2) is 86.8 Å². The maximum absolute atomic E-state index is 13.4. The lowest BCUT2D eigenvalue weighted by Crippen LogP contribution is -2.49. The van der Waals surface area contributed by atoms with Crippen molar-refractivity contribution in [3.05, 3.63) is 105 Å². The molecule has 0 N–H and O–H groups in total. The quantitative estimate of drug-likeness (QED) is 0.445. The lowest BCUT2D eigenvalue weighted by atomic mass is 9.83. The smallest absolute Gasteiger partial charge is 0.344 e. The molecule has 2 aromatic heterocycles. The van der Waals surface area contributed by atoms with Crippen LogP contribution in [0.1, 0.15) is 28.4 Å². The third-order valence-corrected chi connectivity index (χ3v) is 6.83. The molecule has 2 aromatic carbocycles. The molecule has 6 rings (SSSR count). The molecule has 1 amide bonds. The number of carbonyl (C=O) groups is 1. The van der Waals surface area contributed by atoms with E-state index in [0.29, 0.717) is 41.9 Å². The number of para-hydroxylation sites is 1. The van der Waals surface area contributed by atoms with Crippen molar-refractivity contribution in [2.24, 2.45) is 5.92 Å². The first kappa shape index (κ1) is 19.7. The molecule has 4 heterocycles. The molecule has 0 spiro atoms. The minimum absolute atomic E-state index is 0.0314. The molecule has 0 unspecified atom stereocenters. The zero-order chi connectivity index (χ0) is 22.5. The van der Waals surface area contributed by atoms with E-state index in [2.05, 4.69) is 0 Å². The van der Waals surface area contributed by atoms with Gasteiger partial charge in [0, 0.05) is 48.3 Å². The van der Waals surface area contributed by atoms with E-state index in [4.69, 9.17) is 4.42 Å². The summed E-state index contributed by atoms with van der Waals surface area (Å²) in [6.07, 6.45) is 0.991. The van der Waals surface area contributed by atoms with E-state index >= 15 is 0 Å². The monoisotopic (exact) mass is 438 g/mol. The highest BCUT2D eigenvalue weighted by molar-refractivity contribution is 5.96. The Kier molecular flexibility index (Phi) is 4.54. The summed E-state index contributed by atoms with van der Waals surface area (Å²) in [4.78, 5) is 40.2. The second-order valence-electron chi connectivity index (χ2n) is 8.97. The molecule has 6 heteroatoms. The van der Waals surface area contributed by atoms with Gasteiger partial charge in [-0.25, -0.2) is 4.79 Å². The number of rotatable bonds is 2. The fourth-order valence-corrected chi connectivity index (χ4v) is 5.33. The molecular formula is C27H22N2O4. The molecule has 33 heavy (non-hydrogen) atoms. The Hall–Kier alpha value is -3.93. The van der Waals surface area contributed by atoms with Gasteiger partial charge in [0.2, 0.25) is 0 Å². The number of hydrogen-bond acceptors (Lipinski definition) is 4. The van der Waals surface area contributed by atoms with Crippen molar-refractivity contribution in [2.45, 2.75) is 18.9 Å². The maximum atomic E-state index is 13.4. The number of piperidine rings is 1. The largest absolute Gasteiger partial charge is 0.422 e. The fourth-order valence-electron chi connectivity index (χ4n) is 5.33. The minimum atomic E-state index is -0.423. The van der Waals surface area contributed by atoms with Gasteiger partial charge in [-0.15, -0.1) is 0 Å². The van der Waals surface area contributed by atoms with E-state index < -0.39 is 5.63 Å². The molecule has 0 saturated carbocycles. The van der Waals surface area contributed by atoms with Crippen LogP contribution in [-0.4, -0.2) is 28.5 Å². The molecule has 2 atom stereocenters. The molecule has 164 valence electrons. The van der Waals surface area contributed by atoms with Crippen molar-refractivity contribution in [1.29, 1.82) is 0 Å². The van der Waals surface area contributed by atoms with Crippen LogP contribution in [0.25, 0.3) is 22.1 Å². The highest BCUT2D eigenvalue weighted by Crippen LogP contribution is 2.35. The van der Waals surface area contributed by atoms with Crippen LogP contribution in [-0.2, 0) is 6.54 Å². The number of aromatic nitrogens is 1. The van der Waals surface area contributed by atoms with E-state index in [9.17, 15) is 14.4 Å². The number of carbonyl (C=O) groups excluding carboxylic acids is 1. The molecule has 1 saturated heterocycles. The van der Waals surface area contributed by atoms with Crippen molar-refractivity contribution in [1.82, 2.24) is 9.47 Å². The highest BCUT2D eigenvalue weighted by atomic mass is 16.4. The summed E-state index contributed by atoms with van der Waals surface area (Å²) in [5, 5.41) is 0.835. The molecule has 1 fully saturated rings. The first-order valence-electron chi connectivity index (χ1n) is 11.2. The summed E-state index contributed by atoms with van der Waals surface area (Å²) in [6, 6.07) is 21.8. The molecular weight excluding hydrogens is 416 g/mol. The van der Waals surface area contributed by atoms with Gasteiger partial charge in [-0.05, 0) is 48.2 Å². The number of amides is 1. The normalized spacial score (nSPS) is 19.3. The number of nitrogens with zero attached hydrogens (tertiary/aromatic N) is 2. The van der Waals surface area contributed by atoms with Gasteiger partial charge < -0.3 is 13.9 Å². The van der Waals surface area contributed by atoms with Crippen molar-refractivity contribution in [3.63, 3.8) is 0 Å². The van der Waals surface area contributed by atoms with E-state index in [0.717, 1.165) is 17.5 Å². The Morgan fingerprint density at radius 3 is 2.64 bits per heavy atom. The van der Waals surface area contributed by atoms with Crippen LogP contribution in [0.2, 0.25) is 0 Å². The van der Waals surface area contributed by atoms with Crippen molar-refractivity contribution in [2.75, 3.05) is 13.1 Å². The summed E-state index contributed by atoms with van der Waals surface area (Å²) >= 11 is 0. The van der Waals surface area contributed by atoms with Crippen molar-refractivity contribution < 1.29 is 9.21 Å². The average molecular weight is 438 g/mol. The zero-order valence-corrected chi connectivity index (χ0v) is 17.9. The van der Waals surface area contributed by atoms with Gasteiger partial charge in [-0.1, -0.05) is 36.4 Å². The second-order valence-corrected chi connectivity index (χ2v) is 8.97. The molecule has 2 bridgehead atoms. The first-order chi connectivity index (χ1) is 16.1. The highest BCUT2D eigenvalue weighted by Gasteiger charge is 2.36. The summed E-state index contributed by atoms with van der Waals surface area (Å²) in [6.45, 7) is 1.85. The summed E-state index contributed by atoms with van der Waals surface area (Å²) < 4.78 is 7.34. The summed E-state index contributed by atoms with van der Waals surface area (Å²) in [5.41, 5.74) is 2.81. The molecule has 0 radical (unpaired) electrons. The Balaban J connectivity index is 1.32. The number of hydrogen-bond donors (Lipinski definition) is 0. The SMILES string of the molecule is O=C(c1cccc(-c2cc3ccccc3oc2=O)c1)N1C[C@@H]2C[C@H](C1)c1cccc(=O)n1C2. The van der Waals surface area contributed by atoms with Crippen LogP contribution in [0.4, 0.5) is 0 Å². The Morgan fingerprint density at radius 2 is 1.73 bits per heavy atom.